The monoisotopic (exact) mass is 302 g/mol. The predicted octanol–water partition coefficient (Wildman–Crippen LogP) is 1.15. The smallest absolute Gasteiger partial charge is 0.241 e. The molecule has 0 aromatic heterocycles. The highest BCUT2D eigenvalue weighted by molar-refractivity contribution is 7.91. The van der Waals surface area contributed by atoms with Crippen molar-refractivity contribution < 1.29 is 13.2 Å². The van der Waals surface area contributed by atoms with E-state index < -0.39 is 9.84 Å². The first-order chi connectivity index (χ1) is 9.46. The number of hydrogen-bond acceptors (Lipinski definition) is 4. The van der Waals surface area contributed by atoms with Gasteiger partial charge in [-0.25, -0.2) is 8.42 Å². The Kier molecular flexibility index (Phi) is 5.07. The minimum Gasteiger partial charge on any atom is -0.325 e. The van der Waals surface area contributed by atoms with Gasteiger partial charge in [0.1, 0.15) is 0 Å². The summed E-state index contributed by atoms with van der Waals surface area (Å²) < 4.78 is 23.1. The molecule has 2 fully saturated rings. The van der Waals surface area contributed by atoms with Crippen LogP contribution in [-0.4, -0.2) is 49.5 Å². The summed E-state index contributed by atoms with van der Waals surface area (Å²) >= 11 is 0. The first-order valence-corrected chi connectivity index (χ1v) is 9.56. The molecule has 20 heavy (non-hydrogen) atoms. The molecule has 0 bridgehead atoms. The van der Waals surface area contributed by atoms with Crippen molar-refractivity contribution in [3.63, 3.8) is 0 Å². The Labute approximate surface area is 122 Å². The maximum Gasteiger partial charge on any atom is 0.241 e. The van der Waals surface area contributed by atoms with Crippen LogP contribution in [0, 0.1) is 5.92 Å². The van der Waals surface area contributed by atoms with Crippen molar-refractivity contribution in [2.24, 2.45) is 5.92 Å². The fraction of sp³-hybridized carbons (Fsp3) is 0.929. The summed E-state index contributed by atoms with van der Waals surface area (Å²) in [6.07, 6.45) is 4.66. The maximum atomic E-state index is 12.4. The van der Waals surface area contributed by atoms with Gasteiger partial charge >= 0.3 is 0 Å². The Balaban J connectivity index is 1.97. The summed E-state index contributed by atoms with van der Waals surface area (Å²) in [5.74, 6) is 0.801. The lowest BCUT2D eigenvalue weighted by Crippen LogP contribution is -2.40. The molecule has 1 N–H and O–H groups in total. The van der Waals surface area contributed by atoms with Crippen LogP contribution in [0.2, 0.25) is 0 Å². The van der Waals surface area contributed by atoms with Crippen LogP contribution in [0.1, 0.15) is 46.0 Å². The number of rotatable bonds is 6. The van der Waals surface area contributed by atoms with Gasteiger partial charge in [0.25, 0.3) is 0 Å². The van der Waals surface area contributed by atoms with E-state index in [0.717, 1.165) is 25.7 Å². The number of carbonyl (C=O) groups is 1. The molecule has 2 rings (SSSR count). The number of sulfone groups is 1. The lowest BCUT2D eigenvalue weighted by atomic mass is 10.1. The maximum absolute atomic E-state index is 12.4. The summed E-state index contributed by atoms with van der Waals surface area (Å²) in [6.45, 7) is 4.77. The topological polar surface area (TPSA) is 66.5 Å². The molecule has 1 amide bonds. The van der Waals surface area contributed by atoms with E-state index in [-0.39, 0.29) is 35.5 Å². The van der Waals surface area contributed by atoms with E-state index >= 15 is 0 Å². The van der Waals surface area contributed by atoms with Crippen LogP contribution in [0.25, 0.3) is 0 Å². The van der Waals surface area contributed by atoms with E-state index in [1.807, 2.05) is 4.90 Å². The molecule has 2 aliphatic rings. The van der Waals surface area contributed by atoms with E-state index in [9.17, 15) is 13.2 Å². The van der Waals surface area contributed by atoms with Gasteiger partial charge in [0.15, 0.2) is 9.84 Å². The Morgan fingerprint density at radius 3 is 2.65 bits per heavy atom. The number of hydrogen-bond donors (Lipinski definition) is 1. The second-order valence-corrected chi connectivity index (χ2v) is 8.27. The highest BCUT2D eigenvalue weighted by Crippen LogP contribution is 2.24. The van der Waals surface area contributed by atoms with Crippen molar-refractivity contribution in [2.75, 3.05) is 18.1 Å². The minimum absolute atomic E-state index is 0.0714. The first-order valence-electron chi connectivity index (χ1n) is 7.73. The number of nitrogens with one attached hydrogen (secondary N) is 1. The van der Waals surface area contributed by atoms with E-state index in [2.05, 4.69) is 19.2 Å². The molecule has 0 spiro atoms. The fourth-order valence-electron chi connectivity index (χ4n) is 3.21. The average molecular weight is 302 g/mol. The van der Waals surface area contributed by atoms with E-state index in [1.54, 1.807) is 0 Å². The van der Waals surface area contributed by atoms with Gasteiger partial charge in [-0.3, -0.25) is 10.1 Å². The zero-order valence-electron chi connectivity index (χ0n) is 12.5. The third-order valence-corrected chi connectivity index (χ3v) is 6.20. The molecular weight excluding hydrogens is 276 g/mol. The molecule has 6 heteroatoms. The molecule has 116 valence electrons. The van der Waals surface area contributed by atoms with Gasteiger partial charge in [-0.1, -0.05) is 26.7 Å². The van der Waals surface area contributed by atoms with Crippen molar-refractivity contribution in [3.05, 3.63) is 0 Å². The second-order valence-electron chi connectivity index (χ2n) is 6.05. The van der Waals surface area contributed by atoms with Crippen molar-refractivity contribution in [2.45, 2.75) is 58.2 Å². The van der Waals surface area contributed by atoms with Crippen LogP contribution in [0.4, 0.5) is 0 Å². The normalized spacial score (nSPS) is 33.0. The fourth-order valence-corrected chi connectivity index (χ4v) is 5.06. The third-order valence-electron chi connectivity index (χ3n) is 4.37. The zero-order valence-corrected chi connectivity index (χ0v) is 13.3. The molecule has 0 aliphatic carbocycles. The second kappa shape index (κ2) is 6.43. The van der Waals surface area contributed by atoms with Gasteiger partial charge < -0.3 is 4.90 Å². The quantitative estimate of drug-likeness (QED) is 0.799. The van der Waals surface area contributed by atoms with Crippen LogP contribution in [0.3, 0.4) is 0 Å². The summed E-state index contributed by atoms with van der Waals surface area (Å²) in [6, 6.07) is -0.0714. The Bertz CT molecular complexity index is 449. The molecule has 2 heterocycles. The third kappa shape index (κ3) is 3.52. The molecule has 5 nitrogen and oxygen atoms in total. The van der Waals surface area contributed by atoms with Crippen LogP contribution in [-0.2, 0) is 14.6 Å². The van der Waals surface area contributed by atoms with Gasteiger partial charge in [-0.15, -0.1) is 0 Å². The van der Waals surface area contributed by atoms with Crippen molar-refractivity contribution in [1.82, 2.24) is 10.2 Å². The molecular formula is C14H26N2O3S. The van der Waals surface area contributed by atoms with Gasteiger partial charge in [0.2, 0.25) is 5.91 Å². The van der Waals surface area contributed by atoms with E-state index in [0.29, 0.717) is 13.0 Å². The van der Waals surface area contributed by atoms with Crippen LogP contribution < -0.4 is 5.32 Å². The van der Waals surface area contributed by atoms with Gasteiger partial charge in [-0.05, 0) is 25.2 Å². The van der Waals surface area contributed by atoms with Crippen molar-refractivity contribution in [3.8, 4) is 0 Å². The Morgan fingerprint density at radius 2 is 2.10 bits per heavy atom. The minimum atomic E-state index is -2.86. The molecule has 3 unspecified atom stereocenters. The van der Waals surface area contributed by atoms with Crippen LogP contribution in [0.5, 0.6) is 0 Å². The number of amides is 1. The van der Waals surface area contributed by atoms with Crippen LogP contribution >= 0.6 is 0 Å². The highest BCUT2D eigenvalue weighted by Gasteiger charge is 2.40. The van der Waals surface area contributed by atoms with Crippen molar-refractivity contribution in [1.29, 1.82) is 0 Å². The van der Waals surface area contributed by atoms with Crippen molar-refractivity contribution >= 4 is 15.7 Å². The largest absolute Gasteiger partial charge is 0.325 e. The standard InChI is InChI=1S/C14H26N2O3S/c1-3-5-6-12-14(17)16(13(4-2)15-12)9-11-7-8-20(18,19)10-11/h11-13,15H,3-10H2,1-2H3. The average Bonchev–Trinajstić information content (AvgIpc) is 2.89. The van der Waals surface area contributed by atoms with Gasteiger partial charge in [0.05, 0.1) is 23.7 Å². The lowest BCUT2D eigenvalue weighted by Gasteiger charge is -2.25. The van der Waals surface area contributed by atoms with Crippen LogP contribution in [0.15, 0.2) is 0 Å². The molecule has 0 aromatic carbocycles. The lowest BCUT2D eigenvalue weighted by molar-refractivity contribution is -0.130. The van der Waals surface area contributed by atoms with E-state index in [4.69, 9.17) is 0 Å². The number of unbranched alkanes of at least 4 members (excludes halogenated alkanes) is 1. The Hall–Kier alpha value is -0.620. The Morgan fingerprint density at radius 1 is 1.35 bits per heavy atom. The summed E-state index contributed by atoms with van der Waals surface area (Å²) in [4.78, 5) is 14.3. The molecule has 0 saturated carbocycles. The van der Waals surface area contributed by atoms with Gasteiger partial charge in [0, 0.05) is 6.54 Å². The predicted molar refractivity (Wildman–Crippen MR) is 79.0 cm³/mol. The number of nitrogens with zero attached hydrogens (tertiary/aromatic N) is 1. The first kappa shape index (κ1) is 15.8. The number of carbonyl (C=O) groups excluding carboxylic acids is 1. The molecule has 0 aromatic rings. The summed E-state index contributed by atoms with van der Waals surface area (Å²) in [5.41, 5.74) is 0. The van der Waals surface area contributed by atoms with E-state index in [1.165, 1.54) is 0 Å². The molecule has 2 aliphatic heterocycles. The summed E-state index contributed by atoms with van der Waals surface area (Å²) in [5, 5.41) is 3.40. The van der Waals surface area contributed by atoms with Gasteiger partial charge in [-0.2, -0.15) is 0 Å². The zero-order chi connectivity index (χ0) is 14.8. The highest BCUT2D eigenvalue weighted by atomic mass is 32.2. The molecule has 3 atom stereocenters. The molecule has 2 saturated heterocycles. The molecule has 0 radical (unpaired) electrons. The SMILES string of the molecule is CCCCC1NC(CC)N(CC2CCS(=O)(=O)C2)C1=O. The summed E-state index contributed by atoms with van der Waals surface area (Å²) in [7, 11) is -2.86.